The summed E-state index contributed by atoms with van der Waals surface area (Å²) < 4.78 is 64.6. The van der Waals surface area contributed by atoms with E-state index < -0.39 is 0 Å². The van der Waals surface area contributed by atoms with Crippen molar-refractivity contribution in [3.8, 4) is 56.7 Å². The summed E-state index contributed by atoms with van der Waals surface area (Å²) in [7, 11) is 0. The van der Waals surface area contributed by atoms with Crippen molar-refractivity contribution in [3.05, 3.63) is 212 Å². The minimum absolute atomic E-state index is 0.0212. The van der Waals surface area contributed by atoms with E-state index in [4.69, 9.17) is 26.2 Å². The summed E-state index contributed by atoms with van der Waals surface area (Å²) in [6.45, 7) is 0. The average molecular weight is 812 g/mol. The summed E-state index contributed by atoms with van der Waals surface area (Å²) in [5.74, 6) is 1.28. The first-order valence-electron chi connectivity index (χ1n) is 23.7. The van der Waals surface area contributed by atoms with Crippen LogP contribution < -0.4 is 0 Å². The number of hydrogen-bond donors (Lipinski definition) is 0. The second-order valence-corrected chi connectivity index (χ2v) is 15.5. The van der Waals surface area contributed by atoms with E-state index in [1.54, 1.807) is 0 Å². The molecule has 0 unspecified atom stereocenters. The summed E-state index contributed by atoms with van der Waals surface area (Å²) in [6.07, 6.45) is 0. The van der Waals surface area contributed by atoms with E-state index in [-0.39, 0.29) is 63.8 Å². The Labute approximate surface area is 370 Å². The lowest BCUT2D eigenvalue weighted by molar-refractivity contribution is 0.670. The zero-order chi connectivity index (χ0) is 46.7. The molecule has 6 nitrogen and oxygen atoms in total. The Balaban J connectivity index is 1.13. The van der Waals surface area contributed by atoms with E-state index in [2.05, 4.69) is 63.7 Å². The summed E-state index contributed by atoms with van der Waals surface area (Å²) in [5, 5.41) is 4.35. The number of rotatable bonds is 6. The molecule has 0 spiro atoms. The van der Waals surface area contributed by atoms with Gasteiger partial charge in [0, 0.05) is 54.6 Å². The fourth-order valence-electron chi connectivity index (χ4n) is 9.21. The van der Waals surface area contributed by atoms with Gasteiger partial charge in [-0.25, -0.2) is 4.98 Å². The number of benzene rings is 9. The van der Waals surface area contributed by atoms with Gasteiger partial charge >= 0.3 is 0 Å². The van der Waals surface area contributed by atoms with Gasteiger partial charge in [-0.2, -0.15) is 9.97 Å². The second-order valence-electron chi connectivity index (χ2n) is 15.5. The number of hydrogen-bond acceptors (Lipinski definition) is 4. The molecule has 6 heteroatoms. The van der Waals surface area contributed by atoms with Crippen LogP contribution in [0.3, 0.4) is 0 Å². The van der Waals surface area contributed by atoms with Gasteiger partial charge in [-0.1, -0.05) is 176 Å². The first-order valence-corrected chi connectivity index (χ1v) is 20.7. The van der Waals surface area contributed by atoms with Crippen LogP contribution in [0.15, 0.2) is 217 Å². The van der Waals surface area contributed by atoms with Crippen LogP contribution in [-0.4, -0.2) is 24.1 Å². The molecule has 4 aromatic heterocycles. The molecule has 0 N–H and O–H groups in total. The molecule has 0 saturated carbocycles. The van der Waals surface area contributed by atoms with Crippen molar-refractivity contribution in [2.45, 2.75) is 0 Å². The van der Waals surface area contributed by atoms with Crippen molar-refractivity contribution in [2.24, 2.45) is 0 Å². The summed E-state index contributed by atoms with van der Waals surface area (Å²) in [4.78, 5) is 15.7. The zero-order valence-corrected chi connectivity index (χ0v) is 33.4. The highest BCUT2D eigenvalue weighted by Crippen LogP contribution is 2.43. The molecule has 0 fully saturated rings. The van der Waals surface area contributed by atoms with Crippen molar-refractivity contribution in [2.75, 3.05) is 0 Å². The minimum atomic E-state index is -0.366. The van der Waals surface area contributed by atoms with E-state index >= 15 is 0 Å². The maximum atomic E-state index is 9.53. The number of fused-ring (bicyclic) bond motifs is 9. The highest BCUT2D eigenvalue weighted by molar-refractivity contribution is 6.16. The Hall–Kier alpha value is -8.61. The number of aromatic nitrogens is 5. The molecule has 0 saturated heterocycles. The Bertz CT molecular complexity index is 4220. The maximum absolute atomic E-state index is 9.53. The van der Waals surface area contributed by atoms with Crippen molar-refractivity contribution in [1.82, 2.24) is 24.1 Å². The Morgan fingerprint density at radius 3 is 1.76 bits per heavy atom. The topological polar surface area (TPSA) is 61.7 Å². The van der Waals surface area contributed by atoms with Crippen LogP contribution in [0.4, 0.5) is 0 Å². The van der Waals surface area contributed by atoms with E-state index in [0.717, 1.165) is 60.3 Å². The molecule has 0 aliphatic heterocycles. The quantitative estimate of drug-likeness (QED) is 0.168. The van der Waals surface area contributed by atoms with Crippen LogP contribution in [0.1, 0.15) is 8.22 Å². The first kappa shape index (κ1) is 29.6. The van der Waals surface area contributed by atoms with Crippen LogP contribution in [0.2, 0.25) is 0 Å². The zero-order valence-electron chi connectivity index (χ0n) is 39.4. The van der Waals surface area contributed by atoms with E-state index in [1.807, 2.05) is 115 Å². The molecule has 294 valence electrons. The number of nitrogens with zero attached hydrogens (tertiary/aromatic N) is 5. The molecule has 0 bridgehead atoms. The third kappa shape index (κ3) is 5.48. The lowest BCUT2D eigenvalue weighted by atomic mass is 9.98. The van der Waals surface area contributed by atoms with Gasteiger partial charge in [0.1, 0.15) is 11.2 Å². The molecular weight excluding hydrogens is 771 g/mol. The Morgan fingerprint density at radius 1 is 0.397 bits per heavy atom. The third-order valence-corrected chi connectivity index (χ3v) is 12.0. The van der Waals surface area contributed by atoms with Crippen LogP contribution in [0, 0.1) is 0 Å². The fourth-order valence-corrected chi connectivity index (χ4v) is 9.21. The lowest BCUT2D eigenvalue weighted by Crippen LogP contribution is -2.07. The number of para-hydroxylation sites is 5. The van der Waals surface area contributed by atoms with Crippen molar-refractivity contribution in [3.63, 3.8) is 0 Å². The number of furan rings is 1. The van der Waals surface area contributed by atoms with E-state index in [0.29, 0.717) is 34.4 Å². The first-order chi connectivity index (χ1) is 33.7. The van der Waals surface area contributed by atoms with Crippen LogP contribution in [0.5, 0.6) is 0 Å². The van der Waals surface area contributed by atoms with Gasteiger partial charge in [-0.3, -0.25) is 4.57 Å². The molecule has 4 heterocycles. The summed E-state index contributed by atoms with van der Waals surface area (Å²) in [5.41, 5.74) is 8.70. The molecular formula is C57H35N5O. The monoisotopic (exact) mass is 811 g/mol. The molecule has 13 aromatic rings. The maximum Gasteiger partial charge on any atom is 0.238 e. The van der Waals surface area contributed by atoms with Crippen molar-refractivity contribution in [1.29, 1.82) is 0 Å². The average Bonchev–Trinajstić information content (AvgIpc) is 4.07. The third-order valence-electron chi connectivity index (χ3n) is 12.0. The van der Waals surface area contributed by atoms with Gasteiger partial charge in [-0.05, 0) is 47.5 Å². The molecule has 0 atom stereocenters. The van der Waals surface area contributed by atoms with Gasteiger partial charge in [0.05, 0.1) is 36.0 Å². The normalized spacial score (nSPS) is 13.1. The molecule has 0 amide bonds. The van der Waals surface area contributed by atoms with Crippen molar-refractivity contribution >= 4 is 65.6 Å². The standard InChI is InChI=1S/C57H35N5O/c1-3-17-36(18-4-1)39-25-16-31-50-53(39)46-24-9-13-30-49(46)62(50)57-59-55(37-19-5-2-6-20-37)58-56(60-57)38-33-34-42(44-26-15-27-45-43-23-10-14-32-52(43)63-54(44)45)51(35-38)61-47-28-11-7-21-40(47)41-22-8-12-29-48(41)61/h1-35H/i10D,15D,23D,26D,27D,32D. The minimum Gasteiger partial charge on any atom is -0.455 e. The second kappa shape index (κ2) is 14.0. The molecule has 0 radical (unpaired) electrons. The molecule has 13 rings (SSSR count). The van der Waals surface area contributed by atoms with Gasteiger partial charge in [0.25, 0.3) is 0 Å². The van der Waals surface area contributed by atoms with Gasteiger partial charge in [0.2, 0.25) is 5.95 Å². The van der Waals surface area contributed by atoms with Gasteiger partial charge < -0.3 is 8.98 Å². The van der Waals surface area contributed by atoms with Crippen LogP contribution in [0.25, 0.3) is 122 Å². The predicted octanol–water partition coefficient (Wildman–Crippen LogP) is 14.6. The van der Waals surface area contributed by atoms with E-state index in [1.165, 1.54) is 6.07 Å². The molecule has 63 heavy (non-hydrogen) atoms. The fraction of sp³-hybridized carbons (Fsp3) is 0. The van der Waals surface area contributed by atoms with Crippen LogP contribution >= 0.6 is 0 Å². The van der Waals surface area contributed by atoms with Gasteiger partial charge in [-0.15, -0.1) is 0 Å². The largest absolute Gasteiger partial charge is 0.455 e. The summed E-state index contributed by atoms with van der Waals surface area (Å²) in [6, 6.07) is 56.5. The molecule has 0 aliphatic rings. The SMILES string of the molecule is [2H]c1cc([2H])c2oc3c(-c4ccc(-c5nc(-c6ccccc6)nc(-n6c7ccccc7c7c(-c8ccccc8)cccc76)n5)cc4-n4c5ccccc5c5ccccc54)c([2H])c([2H])c([2H])c3c2c1[2H]. The lowest BCUT2D eigenvalue weighted by Gasteiger charge is -2.17. The Kier molecular flexibility index (Phi) is 6.56. The molecule has 9 aromatic carbocycles. The van der Waals surface area contributed by atoms with Crippen LogP contribution in [-0.2, 0) is 0 Å². The smallest absolute Gasteiger partial charge is 0.238 e. The predicted molar refractivity (Wildman–Crippen MR) is 258 cm³/mol. The summed E-state index contributed by atoms with van der Waals surface area (Å²) >= 11 is 0. The highest BCUT2D eigenvalue weighted by atomic mass is 16.3. The highest BCUT2D eigenvalue weighted by Gasteiger charge is 2.23. The van der Waals surface area contributed by atoms with Crippen molar-refractivity contribution < 1.29 is 12.6 Å². The molecule has 0 aliphatic carbocycles. The van der Waals surface area contributed by atoms with Gasteiger partial charge in [0.15, 0.2) is 11.6 Å². The van der Waals surface area contributed by atoms with E-state index in [9.17, 15) is 1.37 Å². The Morgan fingerprint density at radius 2 is 1.02 bits per heavy atom.